The summed E-state index contributed by atoms with van der Waals surface area (Å²) < 4.78 is 5.95. The van der Waals surface area contributed by atoms with Gasteiger partial charge in [-0.25, -0.2) is 0 Å². The van der Waals surface area contributed by atoms with E-state index in [2.05, 4.69) is 50.0 Å². The van der Waals surface area contributed by atoms with Crippen LogP contribution in [0, 0.1) is 10.8 Å². The van der Waals surface area contributed by atoms with E-state index in [1.807, 2.05) is 36.4 Å². The summed E-state index contributed by atoms with van der Waals surface area (Å²) in [6, 6.07) is 24.8. The minimum atomic E-state index is -0.475. The van der Waals surface area contributed by atoms with E-state index in [-0.39, 0.29) is 34.9 Å². The molecule has 0 saturated heterocycles. The molecular weight excluding hydrogens is 596 g/mol. The quantitative estimate of drug-likeness (QED) is 0.269. The van der Waals surface area contributed by atoms with Crippen LogP contribution in [0.4, 0.5) is 5.69 Å². The van der Waals surface area contributed by atoms with Crippen molar-refractivity contribution >= 4 is 34.8 Å². The Balaban J connectivity index is 1.36. The molecule has 0 atom stereocenters. The highest BCUT2D eigenvalue weighted by molar-refractivity contribution is 6.30. The molecule has 1 amide bonds. The van der Waals surface area contributed by atoms with Gasteiger partial charge in [-0.15, -0.1) is 0 Å². The number of ether oxygens (including phenoxy) is 1. The average Bonchev–Trinajstić information content (AvgIpc) is 2.99. The molecule has 0 fully saturated rings. The van der Waals surface area contributed by atoms with Crippen molar-refractivity contribution in [1.29, 1.82) is 0 Å². The first-order chi connectivity index (χ1) is 21.9. The minimum Gasteiger partial charge on any atom is -0.484 e. The molecule has 3 aliphatic rings. The molecule has 1 aliphatic heterocycles. The van der Waals surface area contributed by atoms with Crippen molar-refractivity contribution < 1.29 is 19.1 Å². The Kier molecular flexibility index (Phi) is 8.68. The largest absolute Gasteiger partial charge is 0.484 e. The highest BCUT2D eigenvalue weighted by Gasteiger charge is 2.48. The summed E-state index contributed by atoms with van der Waals surface area (Å²) in [7, 11) is 0. The summed E-state index contributed by atoms with van der Waals surface area (Å²) in [6.07, 6.45) is 3.18. The molecule has 6 rings (SSSR count). The zero-order valence-electron chi connectivity index (χ0n) is 27.0. The molecule has 0 saturated carbocycles. The second-order valence-corrected chi connectivity index (χ2v) is 14.8. The van der Waals surface area contributed by atoms with E-state index in [0.717, 1.165) is 47.4 Å². The minimum absolute atomic E-state index is 0.0961. The number of nitrogens with one attached hydrogen (secondary N) is 1. The molecule has 1 heterocycles. The van der Waals surface area contributed by atoms with Gasteiger partial charge in [0.25, 0.3) is 5.91 Å². The van der Waals surface area contributed by atoms with E-state index in [9.17, 15) is 14.4 Å². The van der Waals surface area contributed by atoms with Crippen molar-refractivity contribution in [3.63, 3.8) is 0 Å². The number of anilines is 1. The van der Waals surface area contributed by atoms with Gasteiger partial charge in [0.05, 0.1) is 0 Å². The molecule has 0 bridgehead atoms. The van der Waals surface area contributed by atoms with Crippen LogP contribution >= 0.6 is 11.6 Å². The number of hydrogen-bond acceptors (Lipinski definition) is 5. The van der Waals surface area contributed by atoms with Crippen LogP contribution in [0.1, 0.15) is 70.4 Å². The smallest absolute Gasteiger partial charge is 0.262 e. The fourth-order valence-electron chi connectivity index (χ4n) is 7.20. The van der Waals surface area contributed by atoms with E-state index in [0.29, 0.717) is 35.8 Å². The van der Waals surface area contributed by atoms with Crippen molar-refractivity contribution in [3.05, 3.63) is 118 Å². The van der Waals surface area contributed by atoms with Gasteiger partial charge in [-0.3, -0.25) is 14.4 Å². The Bertz CT molecular complexity index is 1680. The van der Waals surface area contributed by atoms with Gasteiger partial charge in [-0.2, -0.15) is 0 Å². The van der Waals surface area contributed by atoms with Crippen molar-refractivity contribution in [1.82, 2.24) is 4.90 Å². The fraction of sp³-hybridized carbons (Fsp3) is 0.359. The molecule has 238 valence electrons. The van der Waals surface area contributed by atoms with Crippen LogP contribution in [-0.4, -0.2) is 35.5 Å². The lowest BCUT2D eigenvalue weighted by Gasteiger charge is -2.49. The summed E-state index contributed by atoms with van der Waals surface area (Å²) in [5, 5.41) is 3.40. The second-order valence-electron chi connectivity index (χ2n) is 14.3. The Morgan fingerprint density at radius 1 is 0.826 bits per heavy atom. The number of nitrogens with zero attached hydrogens (tertiary/aromatic N) is 1. The van der Waals surface area contributed by atoms with Crippen LogP contribution in [0.2, 0.25) is 5.02 Å². The van der Waals surface area contributed by atoms with Gasteiger partial charge in [0, 0.05) is 58.6 Å². The molecule has 0 spiro atoms. The number of Topliss-reactive ketones (excluding diaryl/α,β-unsaturated/α-hetero) is 2. The summed E-state index contributed by atoms with van der Waals surface area (Å²) in [6.45, 7) is 9.13. The first-order valence-corrected chi connectivity index (χ1v) is 16.4. The molecule has 1 N–H and O–H groups in total. The van der Waals surface area contributed by atoms with Crippen LogP contribution in [-0.2, 0) is 20.8 Å². The zero-order chi connectivity index (χ0) is 32.6. The molecule has 6 nitrogen and oxygen atoms in total. The lowest BCUT2D eigenvalue weighted by molar-refractivity contribution is -0.120. The van der Waals surface area contributed by atoms with Gasteiger partial charge in [-0.05, 0) is 77.6 Å². The number of hydrogen-bond donors (Lipinski definition) is 1. The van der Waals surface area contributed by atoms with Crippen molar-refractivity contribution in [2.45, 2.75) is 65.7 Å². The predicted octanol–water partition coefficient (Wildman–Crippen LogP) is 8.29. The molecule has 7 heteroatoms. The highest BCUT2D eigenvalue weighted by atomic mass is 35.5. The molecule has 0 radical (unpaired) electrons. The summed E-state index contributed by atoms with van der Waals surface area (Å²) in [4.78, 5) is 43.3. The normalized spacial score (nSPS) is 19.1. The Morgan fingerprint density at radius 3 is 2.04 bits per heavy atom. The third-order valence-electron chi connectivity index (χ3n) is 9.18. The molecule has 3 aromatic rings. The number of benzene rings is 3. The number of rotatable bonds is 8. The first kappa shape index (κ1) is 31.8. The van der Waals surface area contributed by atoms with E-state index in [1.54, 1.807) is 30.3 Å². The number of ketones is 2. The van der Waals surface area contributed by atoms with Gasteiger partial charge in [0.2, 0.25) is 0 Å². The average molecular weight is 637 g/mol. The number of carbonyl (C=O) groups excluding carboxylic acids is 3. The maximum Gasteiger partial charge on any atom is 0.262 e. The summed E-state index contributed by atoms with van der Waals surface area (Å²) in [5.74, 6) is -0.0789. The second kappa shape index (κ2) is 12.6. The number of halogens is 1. The van der Waals surface area contributed by atoms with Crippen LogP contribution < -0.4 is 10.1 Å². The number of amides is 1. The van der Waals surface area contributed by atoms with Crippen LogP contribution in [0.15, 0.2) is 101 Å². The van der Waals surface area contributed by atoms with Gasteiger partial charge < -0.3 is 15.0 Å². The fourth-order valence-corrected chi connectivity index (χ4v) is 7.33. The zero-order valence-corrected chi connectivity index (χ0v) is 27.7. The molecule has 0 aromatic heterocycles. The third kappa shape index (κ3) is 6.82. The Labute approximate surface area is 276 Å². The topological polar surface area (TPSA) is 75.7 Å². The molecule has 46 heavy (non-hydrogen) atoms. The Hall–Kier alpha value is -4.16. The van der Waals surface area contributed by atoms with Gasteiger partial charge >= 0.3 is 0 Å². The summed E-state index contributed by atoms with van der Waals surface area (Å²) in [5.41, 5.74) is 5.84. The lowest BCUT2D eigenvalue weighted by Crippen LogP contribution is -2.45. The van der Waals surface area contributed by atoms with Gasteiger partial charge in [-0.1, -0.05) is 81.8 Å². The summed E-state index contributed by atoms with van der Waals surface area (Å²) >= 11 is 5.96. The molecule has 3 aromatic carbocycles. The van der Waals surface area contributed by atoms with Crippen LogP contribution in [0.5, 0.6) is 5.75 Å². The van der Waals surface area contributed by atoms with E-state index < -0.39 is 5.92 Å². The number of allylic oxidation sites excluding steroid dienone is 4. The molecular formula is C39H41ClN2O4. The van der Waals surface area contributed by atoms with Crippen molar-refractivity contribution in [2.75, 3.05) is 18.5 Å². The number of carbonyl (C=O) groups is 3. The standard InChI is InChI=1S/C39H41ClN2O4/c1-38(2)20-30-36(32(43)22-38)35(26-11-8-12-29(19-26)46-24-34(45)41-28-15-13-27(40)14-16-28)37-31(21-39(3,4)23-33(37)44)42(30)18-17-25-9-6-5-7-10-25/h5-16,19,35H,17-18,20-24H2,1-4H3,(H,41,45). The predicted molar refractivity (Wildman–Crippen MR) is 182 cm³/mol. The van der Waals surface area contributed by atoms with Gasteiger partial charge in [0.1, 0.15) is 5.75 Å². The lowest BCUT2D eigenvalue weighted by atomic mass is 9.63. The van der Waals surface area contributed by atoms with E-state index >= 15 is 0 Å². The maximum absolute atomic E-state index is 14.1. The monoisotopic (exact) mass is 636 g/mol. The SMILES string of the molecule is CC1(C)CC(=O)C2=C(C1)N(CCc1ccccc1)C1=C(C(=O)CC(C)(C)C1)C2c1cccc(OCC(=O)Nc2ccc(Cl)cc2)c1. The highest BCUT2D eigenvalue weighted by Crippen LogP contribution is 2.54. The first-order valence-electron chi connectivity index (χ1n) is 16.0. The maximum atomic E-state index is 14.1. The molecule has 0 unspecified atom stereocenters. The van der Waals surface area contributed by atoms with Crippen LogP contribution in [0.3, 0.4) is 0 Å². The van der Waals surface area contributed by atoms with Gasteiger partial charge in [0.15, 0.2) is 18.2 Å². The van der Waals surface area contributed by atoms with Crippen LogP contribution in [0.25, 0.3) is 0 Å². The molecule has 2 aliphatic carbocycles. The Morgan fingerprint density at radius 2 is 1.43 bits per heavy atom. The van der Waals surface area contributed by atoms with Crippen molar-refractivity contribution in [3.8, 4) is 5.75 Å². The third-order valence-corrected chi connectivity index (χ3v) is 9.43. The van der Waals surface area contributed by atoms with Crippen molar-refractivity contribution in [2.24, 2.45) is 10.8 Å². The van der Waals surface area contributed by atoms with E-state index in [1.165, 1.54) is 5.56 Å². The van der Waals surface area contributed by atoms with E-state index in [4.69, 9.17) is 16.3 Å².